The van der Waals surface area contributed by atoms with E-state index in [2.05, 4.69) is 4.98 Å². The van der Waals surface area contributed by atoms with Crippen LogP contribution in [-0.4, -0.2) is 28.3 Å². The summed E-state index contributed by atoms with van der Waals surface area (Å²) in [6, 6.07) is 5.40. The average Bonchev–Trinajstić information content (AvgIpc) is 2.53. The van der Waals surface area contributed by atoms with Crippen molar-refractivity contribution in [2.24, 2.45) is 0 Å². The molecule has 0 fully saturated rings. The van der Waals surface area contributed by atoms with E-state index in [-0.39, 0.29) is 17.2 Å². The number of hydrogen-bond donors (Lipinski definition) is 0. The molecule has 0 aromatic carbocycles. The first-order valence-corrected chi connectivity index (χ1v) is 7.69. The first-order valence-electron chi connectivity index (χ1n) is 7.69. The van der Waals surface area contributed by atoms with Crippen molar-refractivity contribution in [2.45, 2.75) is 26.3 Å². The molecule has 23 heavy (non-hydrogen) atoms. The van der Waals surface area contributed by atoms with Gasteiger partial charge < -0.3 is 9.58 Å². The maximum atomic E-state index is 12.7. The Bertz CT molecular complexity index is 1000. The third kappa shape index (κ3) is 2.40. The minimum Gasteiger partial charge on any atom is -0.316 e. The number of nitrogens with zero attached hydrogens (tertiary/aromatic N) is 4. The summed E-state index contributed by atoms with van der Waals surface area (Å²) in [5.41, 5.74) is 0.927. The van der Waals surface area contributed by atoms with Gasteiger partial charge in [-0.3, -0.25) is 9.59 Å². The van der Waals surface area contributed by atoms with Gasteiger partial charge in [0.25, 0.3) is 11.1 Å². The lowest BCUT2D eigenvalue weighted by Crippen LogP contribution is -2.35. The van der Waals surface area contributed by atoms with Crippen LogP contribution in [0.2, 0.25) is 0 Å². The monoisotopic (exact) mass is 312 g/mol. The fourth-order valence-electron chi connectivity index (χ4n) is 2.69. The van der Waals surface area contributed by atoms with E-state index in [1.54, 1.807) is 48.2 Å². The van der Waals surface area contributed by atoms with Gasteiger partial charge in [0.1, 0.15) is 0 Å². The van der Waals surface area contributed by atoms with Crippen LogP contribution < -0.4 is 16.1 Å². The van der Waals surface area contributed by atoms with Crippen LogP contribution >= 0.6 is 0 Å². The van der Waals surface area contributed by atoms with Crippen LogP contribution in [0, 0.1) is 0 Å². The normalized spacial score (nSPS) is 12.7. The lowest BCUT2D eigenvalue weighted by atomic mass is 10.1. The molecule has 0 saturated heterocycles. The van der Waals surface area contributed by atoms with E-state index in [4.69, 9.17) is 0 Å². The maximum absolute atomic E-state index is 12.7. The van der Waals surface area contributed by atoms with Crippen LogP contribution in [0.25, 0.3) is 21.8 Å². The molecule has 1 atom stereocenters. The minimum atomic E-state index is -0.180. The highest BCUT2D eigenvalue weighted by molar-refractivity contribution is 5.91. The van der Waals surface area contributed by atoms with Gasteiger partial charge in [0.15, 0.2) is 0 Å². The number of aromatic nitrogens is 3. The quantitative estimate of drug-likeness (QED) is 0.693. The van der Waals surface area contributed by atoms with E-state index >= 15 is 0 Å². The molecule has 0 aliphatic carbocycles. The van der Waals surface area contributed by atoms with Gasteiger partial charge in [-0.15, -0.1) is 0 Å². The van der Waals surface area contributed by atoms with Gasteiger partial charge in [-0.1, -0.05) is 6.92 Å². The number of pyridine rings is 3. The zero-order chi connectivity index (χ0) is 16.7. The van der Waals surface area contributed by atoms with Gasteiger partial charge in [0.05, 0.1) is 21.8 Å². The summed E-state index contributed by atoms with van der Waals surface area (Å²) in [5, 5.41) is 2.62. The van der Waals surface area contributed by atoms with E-state index in [1.807, 2.05) is 19.9 Å². The second-order valence-corrected chi connectivity index (χ2v) is 5.95. The maximum Gasteiger partial charge on any atom is 0.278 e. The first-order chi connectivity index (χ1) is 10.9. The van der Waals surface area contributed by atoms with Crippen LogP contribution in [0.3, 0.4) is 0 Å². The molecular weight excluding hydrogens is 292 g/mol. The summed E-state index contributed by atoms with van der Waals surface area (Å²) in [7, 11) is 3.58. The van der Waals surface area contributed by atoms with Gasteiger partial charge >= 0.3 is 0 Å². The Morgan fingerprint density at radius 1 is 1.09 bits per heavy atom. The summed E-state index contributed by atoms with van der Waals surface area (Å²) < 4.78 is 3.19. The standard InChI is InChI=1S/C17H20N4O2/c1-5-11(2)20-8-6-14-12(16(20)22)10-13-15(18-14)7-9-21(17(13)23)19(3)4/h6-11H,5H2,1-4H3/t11-/m0/s1. The molecule has 0 bridgehead atoms. The second-order valence-electron chi connectivity index (χ2n) is 5.95. The van der Waals surface area contributed by atoms with Crippen molar-refractivity contribution in [3.8, 4) is 0 Å². The second kappa shape index (κ2) is 5.53. The van der Waals surface area contributed by atoms with E-state index in [0.717, 1.165) is 6.42 Å². The Hall–Kier alpha value is -2.63. The topological polar surface area (TPSA) is 60.1 Å². The van der Waals surface area contributed by atoms with E-state index in [9.17, 15) is 9.59 Å². The Morgan fingerprint density at radius 3 is 2.30 bits per heavy atom. The van der Waals surface area contributed by atoms with E-state index < -0.39 is 0 Å². The Morgan fingerprint density at radius 2 is 1.70 bits per heavy atom. The molecule has 3 aromatic heterocycles. The van der Waals surface area contributed by atoms with Crippen molar-refractivity contribution in [2.75, 3.05) is 19.1 Å². The highest BCUT2D eigenvalue weighted by Gasteiger charge is 2.12. The summed E-state index contributed by atoms with van der Waals surface area (Å²) in [5.74, 6) is 0. The van der Waals surface area contributed by atoms with E-state index in [0.29, 0.717) is 21.8 Å². The van der Waals surface area contributed by atoms with Gasteiger partial charge in [0, 0.05) is 32.5 Å². The molecule has 0 spiro atoms. The molecule has 6 nitrogen and oxygen atoms in total. The molecule has 3 heterocycles. The predicted octanol–water partition coefficient (Wildman–Crippen LogP) is 1.88. The Labute approximate surface area is 133 Å². The molecule has 0 aliphatic heterocycles. The van der Waals surface area contributed by atoms with Crippen molar-refractivity contribution >= 4 is 21.8 Å². The summed E-state index contributed by atoms with van der Waals surface area (Å²) in [6.45, 7) is 4.04. The molecule has 6 heteroatoms. The molecule has 3 rings (SSSR count). The van der Waals surface area contributed by atoms with Crippen molar-refractivity contribution in [3.63, 3.8) is 0 Å². The highest BCUT2D eigenvalue weighted by atomic mass is 16.1. The Kier molecular flexibility index (Phi) is 3.67. The molecule has 0 saturated carbocycles. The van der Waals surface area contributed by atoms with Crippen molar-refractivity contribution < 1.29 is 0 Å². The van der Waals surface area contributed by atoms with Crippen LogP contribution in [0.4, 0.5) is 0 Å². The minimum absolute atomic E-state index is 0.106. The third-order valence-electron chi connectivity index (χ3n) is 4.25. The molecule has 0 N–H and O–H groups in total. The number of fused-ring (bicyclic) bond motifs is 2. The molecule has 120 valence electrons. The predicted molar refractivity (Wildman–Crippen MR) is 92.8 cm³/mol. The number of rotatable bonds is 3. The van der Waals surface area contributed by atoms with Crippen LogP contribution in [0.1, 0.15) is 26.3 Å². The number of hydrogen-bond acceptors (Lipinski definition) is 4. The lowest BCUT2D eigenvalue weighted by molar-refractivity contribution is 0.517. The first kappa shape index (κ1) is 15.3. The highest BCUT2D eigenvalue weighted by Crippen LogP contribution is 2.16. The fourth-order valence-corrected chi connectivity index (χ4v) is 2.69. The Balaban J connectivity index is 2.38. The van der Waals surface area contributed by atoms with Gasteiger partial charge in [-0.05, 0) is 31.5 Å². The van der Waals surface area contributed by atoms with Crippen LogP contribution in [-0.2, 0) is 0 Å². The molecule has 0 amide bonds. The largest absolute Gasteiger partial charge is 0.316 e. The molecule has 0 radical (unpaired) electrons. The summed E-state index contributed by atoms with van der Waals surface area (Å²) in [6.07, 6.45) is 4.32. The van der Waals surface area contributed by atoms with Gasteiger partial charge in [-0.25, -0.2) is 9.66 Å². The van der Waals surface area contributed by atoms with Crippen molar-refractivity contribution in [3.05, 3.63) is 51.3 Å². The average molecular weight is 312 g/mol. The van der Waals surface area contributed by atoms with Gasteiger partial charge in [0.2, 0.25) is 0 Å². The lowest BCUT2D eigenvalue weighted by Gasteiger charge is -2.16. The third-order valence-corrected chi connectivity index (χ3v) is 4.25. The molecule has 0 aliphatic rings. The summed E-state index contributed by atoms with van der Waals surface area (Å²) in [4.78, 5) is 29.8. The van der Waals surface area contributed by atoms with Crippen molar-refractivity contribution in [1.82, 2.24) is 14.2 Å². The molecular formula is C17H20N4O2. The molecule has 3 aromatic rings. The van der Waals surface area contributed by atoms with Gasteiger partial charge in [-0.2, -0.15) is 0 Å². The summed E-state index contributed by atoms with van der Waals surface area (Å²) >= 11 is 0. The SMILES string of the molecule is CC[C@H](C)n1ccc2nc3ccn(N(C)C)c(=O)c3cc2c1=O. The van der Waals surface area contributed by atoms with E-state index in [1.165, 1.54) is 4.68 Å². The zero-order valence-electron chi connectivity index (χ0n) is 13.8. The zero-order valence-corrected chi connectivity index (χ0v) is 13.8. The van der Waals surface area contributed by atoms with Crippen LogP contribution in [0.15, 0.2) is 40.2 Å². The van der Waals surface area contributed by atoms with Crippen LogP contribution in [0.5, 0.6) is 0 Å². The fraction of sp³-hybridized carbons (Fsp3) is 0.353. The molecule has 0 unspecified atom stereocenters. The van der Waals surface area contributed by atoms with Crippen molar-refractivity contribution in [1.29, 1.82) is 0 Å². The smallest absolute Gasteiger partial charge is 0.278 e.